The van der Waals surface area contributed by atoms with E-state index in [9.17, 15) is 5.11 Å². The number of hydrogen-bond acceptors (Lipinski definition) is 2. The van der Waals surface area contributed by atoms with Crippen molar-refractivity contribution in [1.29, 1.82) is 0 Å². The summed E-state index contributed by atoms with van der Waals surface area (Å²) in [5.74, 6) is 0. The summed E-state index contributed by atoms with van der Waals surface area (Å²) in [7, 11) is 0. The molecular weight excluding hydrogens is 198 g/mol. The van der Waals surface area contributed by atoms with Crippen LogP contribution in [0.5, 0.6) is 0 Å². The summed E-state index contributed by atoms with van der Waals surface area (Å²) in [5.41, 5.74) is 1.78. The minimum absolute atomic E-state index is 0.406. The molecule has 0 spiro atoms. The number of aliphatic hydroxyl groups is 1. The molecule has 90 valence electrons. The first-order valence-electron chi connectivity index (χ1n) is 5.91. The smallest absolute Gasteiger partial charge is 0.0783 e. The zero-order valence-electron chi connectivity index (χ0n) is 10.7. The van der Waals surface area contributed by atoms with Gasteiger partial charge >= 0.3 is 0 Å². The van der Waals surface area contributed by atoms with Gasteiger partial charge in [-0.25, -0.2) is 0 Å². The number of aryl methyl sites for hydroxylation is 1. The van der Waals surface area contributed by atoms with Crippen molar-refractivity contribution in [2.24, 2.45) is 0 Å². The van der Waals surface area contributed by atoms with Crippen LogP contribution < -0.4 is 5.32 Å². The van der Waals surface area contributed by atoms with Crippen LogP contribution in [-0.4, -0.2) is 23.3 Å². The first kappa shape index (κ1) is 13.2. The topological polar surface area (TPSA) is 32.3 Å². The maximum atomic E-state index is 10.3. The Morgan fingerprint density at radius 2 is 1.94 bits per heavy atom. The summed E-state index contributed by atoms with van der Waals surface area (Å²) in [6.45, 7) is 8.77. The van der Waals surface area contributed by atoms with E-state index < -0.39 is 5.60 Å². The van der Waals surface area contributed by atoms with Crippen molar-refractivity contribution < 1.29 is 5.11 Å². The molecule has 1 atom stereocenters. The fourth-order valence-corrected chi connectivity index (χ4v) is 1.71. The highest BCUT2D eigenvalue weighted by atomic mass is 16.3. The maximum Gasteiger partial charge on any atom is 0.0783 e. The van der Waals surface area contributed by atoms with Crippen LogP contribution in [0.4, 0.5) is 0 Å². The summed E-state index contributed by atoms with van der Waals surface area (Å²) in [6.07, 6.45) is 0.694. The number of rotatable bonds is 5. The highest BCUT2D eigenvalue weighted by molar-refractivity contribution is 5.27. The van der Waals surface area contributed by atoms with E-state index in [4.69, 9.17) is 0 Å². The average Bonchev–Trinajstić information content (AvgIpc) is 2.19. The Bertz CT molecular complexity index is 331. The largest absolute Gasteiger partial charge is 0.389 e. The number of hydrogen-bond donors (Lipinski definition) is 2. The molecule has 0 aliphatic carbocycles. The van der Waals surface area contributed by atoms with Gasteiger partial charge in [-0.3, -0.25) is 0 Å². The van der Waals surface area contributed by atoms with Gasteiger partial charge in [-0.05, 0) is 25.0 Å². The van der Waals surface area contributed by atoms with E-state index in [0.29, 0.717) is 19.0 Å². The van der Waals surface area contributed by atoms with E-state index >= 15 is 0 Å². The lowest BCUT2D eigenvalue weighted by Crippen LogP contribution is -2.42. The molecule has 2 nitrogen and oxygen atoms in total. The third-order valence-electron chi connectivity index (χ3n) is 2.72. The Morgan fingerprint density at radius 1 is 1.31 bits per heavy atom. The molecule has 1 aromatic carbocycles. The molecule has 0 saturated heterocycles. The highest BCUT2D eigenvalue weighted by Crippen LogP contribution is 2.16. The Morgan fingerprint density at radius 3 is 2.50 bits per heavy atom. The van der Waals surface area contributed by atoms with E-state index in [-0.39, 0.29) is 0 Å². The van der Waals surface area contributed by atoms with Crippen molar-refractivity contribution in [2.45, 2.75) is 45.8 Å². The summed E-state index contributed by atoms with van der Waals surface area (Å²) < 4.78 is 0. The third kappa shape index (κ3) is 4.33. The molecule has 0 radical (unpaired) electrons. The van der Waals surface area contributed by atoms with Crippen LogP contribution in [0.2, 0.25) is 0 Å². The van der Waals surface area contributed by atoms with Crippen LogP contribution in [0, 0.1) is 6.92 Å². The molecule has 2 N–H and O–H groups in total. The maximum absolute atomic E-state index is 10.3. The van der Waals surface area contributed by atoms with Crippen LogP contribution in [0.3, 0.4) is 0 Å². The average molecular weight is 221 g/mol. The molecule has 0 heterocycles. The second-order valence-electron chi connectivity index (χ2n) is 5.14. The number of benzene rings is 1. The second kappa shape index (κ2) is 5.46. The summed E-state index contributed by atoms with van der Waals surface area (Å²) in [6, 6.07) is 8.62. The fraction of sp³-hybridized carbons (Fsp3) is 0.571. The van der Waals surface area contributed by atoms with Crippen molar-refractivity contribution in [1.82, 2.24) is 5.32 Å². The molecule has 2 heteroatoms. The lowest BCUT2D eigenvalue weighted by molar-refractivity contribution is 0.0580. The van der Waals surface area contributed by atoms with E-state index in [1.807, 2.05) is 19.1 Å². The normalized spacial score (nSPS) is 15.1. The molecule has 0 aliphatic rings. The van der Waals surface area contributed by atoms with Crippen molar-refractivity contribution in [3.8, 4) is 0 Å². The SMILES string of the molecule is Cc1ccccc1CC(C)(O)CNC(C)C. The van der Waals surface area contributed by atoms with Crippen molar-refractivity contribution in [3.05, 3.63) is 35.4 Å². The van der Waals surface area contributed by atoms with Crippen molar-refractivity contribution >= 4 is 0 Å². The molecule has 1 aromatic rings. The molecular formula is C14H23NO. The predicted octanol–water partition coefficient (Wildman–Crippen LogP) is 2.29. The van der Waals surface area contributed by atoms with Crippen molar-refractivity contribution in [3.63, 3.8) is 0 Å². The Hall–Kier alpha value is -0.860. The Labute approximate surface area is 98.7 Å². The number of nitrogens with one attached hydrogen (secondary N) is 1. The second-order valence-corrected chi connectivity index (χ2v) is 5.14. The highest BCUT2D eigenvalue weighted by Gasteiger charge is 2.21. The van der Waals surface area contributed by atoms with Gasteiger partial charge < -0.3 is 10.4 Å². The molecule has 0 bridgehead atoms. The van der Waals surface area contributed by atoms with E-state index in [1.54, 1.807) is 0 Å². The Balaban J connectivity index is 2.62. The van der Waals surface area contributed by atoms with Crippen LogP contribution >= 0.6 is 0 Å². The van der Waals surface area contributed by atoms with Crippen LogP contribution in [0.1, 0.15) is 31.9 Å². The van der Waals surface area contributed by atoms with Gasteiger partial charge in [0, 0.05) is 19.0 Å². The Kier molecular flexibility index (Phi) is 4.51. The lowest BCUT2D eigenvalue weighted by Gasteiger charge is -2.26. The molecule has 0 aliphatic heterocycles. The summed E-state index contributed by atoms with van der Waals surface area (Å²) in [4.78, 5) is 0. The van der Waals surface area contributed by atoms with Gasteiger partial charge in [-0.15, -0.1) is 0 Å². The van der Waals surface area contributed by atoms with E-state index in [0.717, 1.165) is 0 Å². The lowest BCUT2D eigenvalue weighted by atomic mass is 9.93. The first-order valence-corrected chi connectivity index (χ1v) is 5.91. The summed E-state index contributed by atoms with van der Waals surface area (Å²) >= 11 is 0. The predicted molar refractivity (Wildman–Crippen MR) is 68.6 cm³/mol. The summed E-state index contributed by atoms with van der Waals surface area (Å²) in [5, 5.41) is 13.6. The fourth-order valence-electron chi connectivity index (χ4n) is 1.71. The molecule has 1 unspecified atom stereocenters. The van der Waals surface area contributed by atoms with Gasteiger partial charge in [-0.2, -0.15) is 0 Å². The molecule has 0 saturated carbocycles. The van der Waals surface area contributed by atoms with Gasteiger partial charge in [0.15, 0.2) is 0 Å². The molecule has 1 rings (SSSR count). The zero-order valence-corrected chi connectivity index (χ0v) is 10.7. The minimum atomic E-state index is -0.684. The van der Waals surface area contributed by atoms with Gasteiger partial charge in [0.2, 0.25) is 0 Å². The van der Waals surface area contributed by atoms with Gasteiger partial charge in [0.25, 0.3) is 0 Å². The van der Waals surface area contributed by atoms with Gasteiger partial charge in [0.05, 0.1) is 5.60 Å². The molecule has 0 aromatic heterocycles. The van der Waals surface area contributed by atoms with E-state index in [1.165, 1.54) is 11.1 Å². The van der Waals surface area contributed by atoms with Gasteiger partial charge in [-0.1, -0.05) is 38.1 Å². The molecule has 0 fully saturated rings. The standard InChI is InChI=1S/C14H23NO/c1-11(2)15-10-14(4,16)9-13-8-6-5-7-12(13)3/h5-8,11,15-16H,9-10H2,1-4H3. The molecule has 16 heavy (non-hydrogen) atoms. The quantitative estimate of drug-likeness (QED) is 0.799. The van der Waals surface area contributed by atoms with Crippen LogP contribution in [-0.2, 0) is 6.42 Å². The van der Waals surface area contributed by atoms with Crippen LogP contribution in [0.25, 0.3) is 0 Å². The third-order valence-corrected chi connectivity index (χ3v) is 2.72. The molecule has 0 amide bonds. The van der Waals surface area contributed by atoms with E-state index in [2.05, 4.69) is 38.2 Å². The zero-order chi connectivity index (χ0) is 12.2. The first-order chi connectivity index (χ1) is 7.41. The van der Waals surface area contributed by atoms with Crippen LogP contribution in [0.15, 0.2) is 24.3 Å². The van der Waals surface area contributed by atoms with Gasteiger partial charge in [0.1, 0.15) is 0 Å². The minimum Gasteiger partial charge on any atom is -0.389 e. The van der Waals surface area contributed by atoms with Crippen molar-refractivity contribution in [2.75, 3.05) is 6.54 Å². The monoisotopic (exact) mass is 221 g/mol.